The molecule has 2 rings (SSSR count). The van der Waals surface area contributed by atoms with E-state index in [0.29, 0.717) is 16.3 Å². The van der Waals surface area contributed by atoms with Crippen LogP contribution >= 0.6 is 27.3 Å². The smallest absolute Gasteiger partial charge is 0.266 e. The number of benzene rings is 1. The van der Waals surface area contributed by atoms with Crippen molar-refractivity contribution in [1.29, 1.82) is 0 Å². The highest BCUT2D eigenvalue weighted by atomic mass is 79.9. The van der Waals surface area contributed by atoms with E-state index in [4.69, 9.17) is 5.73 Å². The van der Waals surface area contributed by atoms with Crippen LogP contribution in [0.15, 0.2) is 28.1 Å². The average Bonchev–Trinajstić information content (AvgIpc) is 2.76. The highest BCUT2D eigenvalue weighted by molar-refractivity contribution is 9.10. The van der Waals surface area contributed by atoms with E-state index in [1.807, 2.05) is 31.4 Å². The van der Waals surface area contributed by atoms with Crippen molar-refractivity contribution in [2.24, 2.45) is 0 Å². The normalized spacial score (nSPS) is 10.4. The molecule has 3 N–H and O–H groups in total. The fourth-order valence-electron chi connectivity index (χ4n) is 1.63. The summed E-state index contributed by atoms with van der Waals surface area (Å²) in [5.74, 6) is -0.141. The van der Waals surface area contributed by atoms with Crippen LogP contribution in [0.1, 0.15) is 20.8 Å². The summed E-state index contributed by atoms with van der Waals surface area (Å²) in [6.07, 6.45) is 0. The van der Waals surface area contributed by atoms with Crippen molar-refractivity contribution in [3.05, 3.63) is 44.1 Å². The molecular weight excluding hydrogens is 312 g/mol. The molecule has 0 fully saturated rings. The molecule has 3 nitrogen and oxygen atoms in total. The van der Waals surface area contributed by atoms with E-state index in [1.54, 1.807) is 6.07 Å². The maximum absolute atomic E-state index is 12.1. The number of hydrogen-bond donors (Lipinski definition) is 2. The van der Waals surface area contributed by atoms with Gasteiger partial charge in [0.2, 0.25) is 0 Å². The fraction of sp³-hybridized carbons (Fsp3) is 0.154. The van der Waals surface area contributed by atoms with Crippen LogP contribution in [0.4, 0.5) is 11.4 Å². The summed E-state index contributed by atoms with van der Waals surface area (Å²) in [7, 11) is 0. The first kappa shape index (κ1) is 13.1. The monoisotopic (exact) mass is 324 g/mol. The minimum Gasteiger partial charge on any atom is -0.397 e. The Morgan fingerprint density at radius 1 is 1.33 bits per heavy atom. The molecule has 1 aromatic carbocycles. The van der Waals surface area contributed by atoms with Crippen molar-refractivity contribution in [3.63, 3.8) is 0 Å². The lowest BCUT2D eigenvalue weighted by Crippen LogP contribution is -2.13. The molecule has 0 aliphatic carbocycles. The van der Waals surface area contributed by atoms with Crippen LogP contribution in [-0.2, 0) is 0 Å². The van der Waals surface area contributed by atoms with Gasteiger partial charge in [-0.2, -0.15) is 0 Å². The first-order chi connectivity index (χ1) is 8.50. The minimum atomic E-state index is -0.141. The number of carbonyl (C=O) groups is 1. The molecule has 1 aromatic heterocycles. The molecule has 0 radical (unpaired) electrons. The number of amides is 1. The SMILES string of the molecule is Cc1ccc(N)c(NC(=O)c2sccc2Br)c1C. The van der Waals surface area contributed by atoms with Gasteiger partial charge in [0.05, 0.1) is 11.4 Å². The first-order valence-electron chi connectivity index (χ1n) is 5.40. The van der Waals surface area contributed by atoms with Gasteiger partial charge < -0.3 is 11.1 Å². The summed E-state index contributed by atoms with van der Waals surface area (Å²) in [6, 6.07) is 5.61. The Morgan fingerprint density at radius 3 is 2.67 bits per heavy atom. The zero-order valence-corrected chi connectivity index (χ0v) is 12.5. The number of aryl methyl sites for hydroxylation is 1. The molecule has 0 bridgehead atoms. The van der Waals surface area contributed by atoms with Crippen molar-refractivity contribution >= 4 is 44.5 Å². The minimum absolute atomic E-state index is 0.141. The lowest BCUT2D eigenvalue weighted by atomic mass is 10.1. The second-order valence-electron chi connectivity index (χ2n) is 4.02. The summed E-state index contributed by atoms with van der Waals surface area (Å²) < 4.78 is 0.800. The van der Waals surface area contributed by atoms with Gasteiger partial charge in [-0.05, 0) is 58.4 Å². The standard InChI is InChI=1S/C13H13BrN2OS/c1-7-3-4-10(15)11(8(7)2)16-13(17)12-9(14)5-6-18-12/h3-6H,15H2,1-2H3,(H,16,17). The molecule has 2 aromatic rings. The van der Waals surface area contributed by atoms with Gasteiger partial charge in [0.25, 0.3) is 5.91 Å². The maximum atomic E-state index is 12.1. The van der Waals surface area contributed by atoms with Gasteiger partial charge in [-0.15, -0.1) is 11.3 Å². The number of nitrogens with two attached hydrogens (primary N) is 1. The number of rotatable bonds is 2. The molecule has 0 saturated heterocycles. The van der Waals surface area contributed by atoms with Crippen LogP contribution in [0.25, 0.3) is 0 Å². The van der Waals surface area contributed by atoms with Crippen LogP contribution in [-0.4, -0.2) is 5.91 Å². The summed E-state index contributed by atoms with van der Waals surface area (Å²) in [5, 5.41) is 4.75. The molecular formula is C13H13BrN2OS. The Kier molecular flexibility index (Phi) is 3.73. The summed E-state index contributed by atoms with van der Waals surface area (Å²) >= 11 is 4.74. The lowest BCUT2D eigenvalue weighted by Gasteiger charge is -2.12. The molecule has 18 heavy (non-hydrogen) atoms. The van der Waals surface area contributed by atoms with Crippen molar-refractivity contribution in [1.82, 2.24) is 0 Å². The van der Waals surface area contributed by atoms with E-state index in [0.717, 1.165) is 15.6 Å². The molecule has 0 aliphatic heterocycles. The van der Waals surface area contributed by atoms with E-state index < -0.39 is 0 Å². The number of carbonyl (C=O) groups excluding carboxylic acids is 1. The van der Waals surface area contributed by atoms with Crippen molar-refractivity contribution in [3.8, 4) is 0 Å². The number of thiophene rings is 1. The molecule has 0 unspecified atom stereocenters. The lowest BCUT2D eigenvalue weighted by molar-refractivity contribution is 0.103. The molecule has 5 heteroatoms. The second-order valence-corrected chi connectivity index (χ2v) is 5.79. The van der Waals surface area contributed by atoms with Crippen molar-refractivity contribution in [2.45, 2.75) is 13.8 Å². The van der Waals surface area contributed by atoms with E-state index in [-0.39, 0.29) is 5.91 Å². The third-order valence-electron chi connectivity index (χ3n) is 2.83. The molecule has 1 heterocycles. The second kappa shape index (κ2) is 5.12. The number of nitrogens with one attached hydrogen (secondary N) is 1. The van der Waals surface area contributed by atoms with Crippen molar-refractivity contribution < 1.29 is 4.79 Å². The summed E-state index contributed by atoms with van der Waals surface area (Å²) in [4.78, 5) is 12.8. The summed E-state index contributed by atoms with van der Waals surface area (Å²) in [5.41, 5.74) is 9.28. The highest BCUT2D eigenvalue weighted by Crippen LogP contribution is 2.28. The van der Waals surface area contributed by atoms with Crippen LogP contribution in [0.5, 0.6) is 0 Å². The van der Waals surface area contributed by atoms with E-state index in [9.17, 15) is 4.79 Å². The fourth-order valence-corrected chi connectivity index (χ4v) is 3.08. The zero-order chi connectivity index (χ0) is 13.3. The van der Waals surface area contributed by atoms with Gasteiger partial charge in [-0.3, -0.25) is 4.79 Å². The number of halogens is 1. The van der Waals surface area contributed by atoms with Crippen LogP contribution in [0.2, 0.25) is 0 Å². The van der Waals surface area contributed by atoms with Crippen molar-refractivity contribution in [2.75, 3.05) is 11.1 Å². The third-order valence-corrected chi connectivity index (χ3v) is 4.67. The Labute approximate surface area is 118 Å². The first-order valence-corrected chi connectivity index (χ1v) is 7.08. The number of anilines is 2. The quantitative estimate of drug-likeness (QED) is 0.821. The Hall–Kier alpha value is -1.33. The molecule has 0 spiro atoms. The van der Waals surface area contributed by atoms with Crippen LogP contribution in [0.3, 0.4) is 0 Å². The molecule has 1 amide bonds. The molecule has 0 aliphatic rings. The van der Waals surface area contributed by atoms with E-state index in [2.05, 4.69) is 21.2 Å². The number of hydrogen-bond acceptors (Lipinski definition) is 3. The van der Waals surface area contributed by atoms with Gasteiger partial charge in [0.1, 0.15) is 4.88 Å². The Morgan fingerprint density at radius 2 is 2.06 bits per heavy atom. The molecule has 0 saturated carbocycles. The topological polar surface area (TPSA) is 55.1 Å². The van der Waals surface area contributed by atoms with E-state index in [1.165, 1.54) is 11.3 Å². The molecule has 0 atom stereocenters. The highest BCUT2D eigenvalue weighted by Gasteiger charge is 2.14. The largest absolute Gasteiger partial charge is 0.397 e. The summed E-state index contributed by atoms with van der Waals surface area (Å²) in [6.45, 7) is 3.94. The molecule has 94 valence electrons. The third kappa shape index (κ3) is 2.42. The van der Waals surface area contributed by atoms with Gasteiger partial charge in [-0.25, -0.2) is 0 Å². The predicted molar refractivity (Wildman–Crippen MR) is 80.3 cm³/mol. The zero-order valence-electron chi connectivity index (χ0n) is 10.1. The van der Waals surface area contributed by atoms with Gasteiger partial charge in [0, 0.05) is 4.47 Å². The van der Waals surface area contributed by atoms with Gasteiger partial charge in [-0.1, -0.05) is 6.07 Å². The van der Waals surface area contributed by atoms with Crippen LogP contribution in [0, 0.1) is 13.8 Å². The average molecular weight is 325 g/mol. The maximum Gasteiger partial charge on any atom is 0.266 e. The Bertz CT molecular complexity index is 607. The van der Waals surface area contributed by atoms with Crippen LogP contribution < -0.4 is 11.1 Å². The van der Waals surface area contributed by atoms with Gasteiger partial charge >= 0.3 is 0 Å². The van der Waals surface area contributed by atoms with E-state index >= 15 is 0 Å². The van der Waals surface area contributed by atoms with Gasteiger partial charge in [0.15, 0.2) is 0 Å². The number of nitrogen functional groups attached to an aromatic ring is 1. The Balaban J connectivity index is 2.33. The predicted octanol–water partition coefficient (Wildman–Crippen LogP) is 3.96.